The second kappa shape index (κ2) is 7.98. The molecule has 1 aliphatic rings. The van der Waals surface area contributed by atoms with E-state index in [4.69, 9.17) is 17.0 Å². The number of hydrogen-bond donors (Lipinski definition) is 2. The molecule has 1 aromatic rings. The Morgan fingerprint density at radius 3 is 2.57 bits per heavy atom. The summed E-state index contributed by atoms with van der Waals surface area (Å²) in [5.41, 5.74) is 1.09. The largest absolute Gasteiger partial charge is 0.497 e. The van der Waals surface area contributed by atoms with Gasteiger partial charge in [0.1, 0.15) is 5.75 Å². The third-order valence-electron chi connectivity index (χ3n) is 3.81. The van der Waals surface area contributed by atoms with Crippen LogP contribution in [0.3, 0.4) is 0 Å². The summed E-state index contributed by atoms with van der Waals surface area (Å²) in [6, 6.07) is 7.74. The van der Waals surface area contributed by atoms with Gasteiger partial charge in [-0.25, -0.2) is 0 Å². The van der Waals surface area contributed by atoms with Gasteiger partial charge >= 0.3 is 0 Å². The number of carbonyl (C=O) groups excluding carboxylic acids is 1. The Kier molecular flexibility index (Phi) is 5.99. The summed E-state index contributed by atoms with van der Waals surface area (Å²) in [6.45, 7) is 0.590. The molecule has 0 saturated heterocycles. The van der Waals surface area contributed by atoms with Crippen LogP contribution in [0.25, 0.3) is 0 Å². The van der Waals surface area contributed by atoms with Crippen LogP contribution in [0.1, 0.15) is 37.7 Å². The van der Waals surface area contributed by atoms with E-state index >= 15 is 0 Å². The highest BCUT2D eigenvalue weighted by Gasteiger charge is 2.18. The van der Waals surface area contributed by atoms with E-state index in [2.05, 4.69) is 10.6 Å². The summed E-state index contributed by atoms with van der Waals surface area (Å²) in [6.07, 6.45) is 5.42. The minimum Gasteiger partial charge on any atom is -0.497 e. The molecule has 2 N–H and O–H groups in total. The van der Waals surface area contributed by atoms with E-state index in [1.807, 2.05) is 24.3 Å². The molecule has 114 valence electrons. The van der Waals surface area contributed by atoms with Gasteiger partial charge in [-0.2, -0.15) is 0 Å². The van der Waals surface area contributed by atoms with Crippen LogP contribution < -0.4 is 15.4 Å². The third kappa shape index (κ3) is 5.34. The second-order valence-corrected chi connectivity index (χ2v) is 5.84. The van der Waals surface area contributed by atoms with Gasteiger partial charge in [0.25, 0.3) is 0 Å². The van der Waals surface area contributed by atoms with Crippen molar-refractivity contribution in [2.75, 3.05) is 7.11 Å². The standard InChI is InChI=1S/C16H22N2O2S/c1-20-14-8-6-13(7-9-14)11-17-16(21)18-15(19)10-12-4-2-3-5-12/h6-9,12H,2-5,10-11H2,1H3,(H2,17,18,19,21). The minimum absolute atomic E-state index is 0.0223. The minimum atomic E-state index is 0.0223. The van der Waals surface area contributed by atoms with Gasteiger partial charge in [-0.1, -0.05) is 25.0 Å². The van der Waals surface area contributed by atoms with E-state index in [0.717, 1.165) is 11.3 Å². The number of thiocarbonyl (C=S) groups is 1. The van der Waals surface area contributed by atoms with Crippen LogP contribution in [0.4, 0.5) is 0 Å². The first-order valence-corrected chi connectivity index (χ1v) is 7.79. The fraction of sp³-hybridized carbons (Fsp3) is 0.500. The van der Waals surface area contributed by atoms with Crippen molar-refractivity contribution in [2.24, 2.45) is 5.92 Å². The van der Waals surface area contributed by atoms with Crippen molar-refractivity contribution in [2.45, 2.75) is 38.6 Å². The predicted molar refractivity (Wildman–Crippen MR) is 87.1 cm³/mol. The summed E-state index contributed by atoms with van der Waals surface area (Å²) >= 11 is 5.15. The lowest BCUT2D eigenvalue weighted by Crippen LogP contribution is -2.39. The monoisotopic (exact) mass is 306 g/mol. The molecule has 4 nitrogen and oxygen atoms in total. The fourth-order valence-electron chi connectivity index (χ4n) is 2.62. The Hall–Kier alpha value is -1.62. The zero-order valence-corrected chi connectivity index (χ0v) is 13.2. The Labute approximate surface area is 131 Å². The normalized spacial score (nSPS) is 14.7. The quantitative estimate of drug-likeness (QED) is 0.821. The molecule has 0 spiro atoms. The topological polar surface area (TPSA) is 50.4 Å². The number of rotatable bonds is 5. The van der Waals surface area contributed by atoms with Gasteiger partial charge in [-0.15, -0.1) is 0 Å². The Morgan fingerprint density at radius 2 is 1.95 bits per heavy atom. The van der Waals surface area contributed by atoms with Crippen molar-refractivity contribution < 1.29 is 9.53 Å². The number of hydrogen-bond acceptors (Lipinski definition) is 3. The molecule has 1 amide bonds. The summed E-state index contributed by atoms with van der Waals surface area (Å²) < 4.78 is 5.11. The fourth-order valence-corrected chi connectivity index (χ4v) is 2.81. The molecule has 0 radical (unpaired) electrons. The Balaban J connectivity index is 1.69. The number of methoxy groups -OCH3 is 1. The molecule has 1 aromatic carbocycles. The molecule has 0 aliphatic heterocycles. The molecule has 0 bridgehead atoms. The molecule has 5 heteroatoms. The van der Waals surface area contributed by atoms with Crippen molar-refractivity contribution in [3.05, 3.63) is 29.8 Å². The van der Waals surface area contributed by atoms with E-state index in [9.17, 15) is 4.79 Å². The van der Waals surface area contributed by atoms with Crippen molar-refractivity contribution in [3.8, 4) is 5.75 Å². The Morgan fingerprint density at radius 1 is 1.29 bits per heavy atom. The van der Waals surface area contributed by atoms with Crippen LogP contribution in [-0.2, 0) is 11.3 Å². The van der Waals surface area contributed by atoms with E-state index in [0.29, 0.717) is 24.0 Å². The van der Waals surface area contributed by atoms with Gasteiger partial charge in [0.2, 0.25) is 5.91 Å². The number of carbonyl (C=O) groups is 1. The summed E-state index contributed by atoms with van der Waals surface area (Å²) in [5, 5.41) is 6.20. The van der Waals surface area contributed by atoms with E-state index in [-0.39, 0.29) is 5.91 Å². The number of ether oxygens (including phenoxy) is 1. The highest BCUT2D eigenvalue weighted by Crippen LogP contribution is 2.27. The highest BCUT2D eigenvalue weighted by molar-refractivity contribution is 7.80. The Bertz CT molecular complexity index is 482. The lowest BCUT2D eigenvalue weighted by Gasteiger charge is -2.12. The molecule has 1 saturated carbocycles. The van der Waals surface area contributed by atoms with E-state index in [1.54, 1.807) is 7.11 Å². The van der Waals surface area contributed by atoms with Crippen LogP contribution in [0.5, 0.6) is 5.75 Å². The summed E-state index contributed by atoms with van der Waals surface area (Å²) in [4.78, 5) is 11.8. The zero-order chi connectivity index (χ0) is 15.1. The van der Waals surface area contributed by atoms with Gasteiger partial charge in [-0.05, 0) is 48.7 Å². The van der Waals surface area contributed by atoms with Crippen LogP contribution in [0.15, 0.2) is 24.3 Å². The first kappa shape index (κ1) is 15.8. The van der Waals surface area contributed by atoms with Crippen LogP contribution in [0, 0.1) is 5.92 Å². The van der Waals surface area contributed by atoms with Crippen LogP contribution in [0.2, 0.25) is 0 Å². The number of nitrogens with one attached hydrogen (secondary N) is 2. The van der Waals surface area contributed by atoms with Gasteiger partial charge in [-0.3, -0.25) is 4.79 Å². The average molecular weight is 306 g/mol. The van der Waals surface area contributed by atoms with Crippen molar-refractivity contribution in [3.63, 3.8) is 0 Å². The third-order valence-corrected chi connectivity index (χ3v) is 4.06. The molecule has 0 unspecified atom stereocenters. The van der Waals surface area contributed by atoms with E-state index in [1.165, 1.54) is 25.7 Å². The predicted octanol–water partition coefficient (Wildman–Crippen LogP) is 2.77. The molecule has 1 fully saturated rings. The van der Waals surface area contributed by atoms with Gasteiger partial charge < -0.3 is 15.4 Å². The molecule has 0 aromatic heterocycles. The smallest absolute Gasteiger partial charge is 0.226 e. The van der Waals surface area contributed by atoms with Crippen molar-refractivity contribution in [1.82, 2.24) is 10.6 Å². The maximum Gasteiger partial charge on any atom is 0.226 e. The van der Waals surface area contributed by atoms with Gasteiger partial charge in [0.15, 0.2) is 5.11 Å². The average Bonchev–Trinajstić information content (AvgIpc) is 2.98. The van der Waals surface area contributed by atoms with Gasteiger partial charge in [0, 0.05) is 13.0 Å². The van der Waals surface area contributed by atoms with Crippen molar-refractivity contribution in [1.29, 1.82) is 0 Å². The molecule has 0 atom stereocenters. The first-order valence-electron chi connectivity index (χ1n) is 7.38. The lowest BCUT2D eigenvalue weighted by molar-refractivity contribution is -0.120. The highest BCUT2D eigenvalue weighted by atomic mass is 32.1. The summed E-state index contributed by atoms with van der Waals surface area (Å²) in [5.74, 6) is 1.38. The number of amides is 1. The van der Waals surface area contributed by atoms with Crippen molar-refractivity contribution >= 4 is 23.2 Å². The number of benzene rings is 1. The lowest BCUT2D eigenvalue weighted by atomic mass is 10.0. The first-order chi connectivity index (χ1) is 10.2. The molecular weight excluding hydrogens is 284 g/mol. The van der Waals surface area contributed by atoms with Crippen LogP contribution >= 0.6 is 12.2 Å². The maximum absolute atomic E-state index is 11.8. The van der Waals surface area contributed by atoms with Gasteiger partial charge in [0.05, 0.1) is 7.11 Å². The molecule has 21 heavy (non-hydrogen) atoms. The van der Waals surface area contributed by atoms with E-state index < -0.39 is 0 Å². The zero-order valence-electron chi connectivity index (χ0n) is 12.4. The SMILES string of the molecule is COc1ccc(CNC(=S)NC(=O)CC2CCCC2)cc1. The molecular formula is C16H22N2O2S. The second-order valence-electron chi connectivity index (χ2n) is 5.43. The summed E-state index contributed by atoms with van der Waals surface area (Å²) in [7, 11) is 1.64. The maximum atomic E-state index is 11.8. The molecule has 0 heterocycles. The molecule has 1 aliphatic carbocycles. The molecule has 2 rings (SSSR count). The van der Waals surface area contributed by atoms with Crippen LogP contribution in [-0.4, -0.2) is 18.1 Å².